The molecule has 1 unspecified atom stereocenters. The van der Waals surface area contributed by atoms with Crippen molar-refractivity contribution in [3.8, 4) is 0 Å². The third-order valence-electron chi connectivity index (χ3n) is 1.94. The summed E-state index contributed by atoms with van der Waals surface area (Å²) in [4.78, 5) is 15.8. The number of hydrogen-bond acceptors (Lipinski definition) is 3. The van der Waals surface area contributed by atoms with E-state index >= 15 is 0 Å². The maximum atomic E-state index is 10.6. The molecule has 0 spiro atoms. The van der Waals surface area contributed by atoms with Crippen molar-refractivity contribution in [3.05, 3.63) is 56.3 Å². The highest BCUT2D eigenvalue weighted by atomic mass is 16.1. The van der Waals surface area contributed by atoms with E-state index in [-0.39, 0.29) is 6.54 Å². The van der Waals surface area contributed by atoms with Crippen LogP contribution in [0.5, 0.6) is 0 Å². The molecule has 1 aromatic carbocycles. The molecule has 1 rings (SSSR count). The fraction of sp³-hybridized carbons (Fsp3) is 0.222. The van der Waals surface area contributed by atoms with E-state index in [1.165, 1.54) is 0 Å². The third kappa shape index (κ3) is 3.02. The number of azide groups is 2. The second-order valence-corrected chi connectivity index (χ2v) is 2.92. The van der Waals surface area contributed by atoms with Gasteiger partial charge >= 0.3 is 0 Å². The van der Waals surface area contributed by atoms with Gasteiger partial charge in [-0.25, -0.2) is 0 Å². The van der Waals surface area contributed by atoms with Gasteiger partial charge in [0.25, 0.3) is 0 Å². The van der Waals surface area contributed by atoms with Crippen molar-refractivity contribution in [2.24, 2.45) is 10.2 Å². The predicted octanol–water partition coefficient (Wildman–Crippen LogP) is 3.16. The van der Waals surface area contributed by atoms with Crippen molar-refractivity contribution < 1.29 is 4.79 Å². The van der Waals surface area contributed by atoms with Gasteiger partial charge in [0.05, 0.1) is 6.04 Å². The molecule has 7 heteroatoms. The van der Waals surface area contributed by atoms with E-state index < -0.39 is 6.04 Å². The van der Waals surface area contributed by atoms with Crippen LogP contribution in [0.25, 0.3) is 20.9 Å². The SMILES string of the molecule is [N-]=[N+]=NCC(N=[N+]=[N-])c1cccc(C=O)c1. The first-order valence-corrected chi connectivity index (χ1v) is 4.42. The summed E-state index contributed by atoms with van der Waals surface area (Å²) in [6, 6.07) is 6.03. The maximum absolute atomic E-state index is 10.6. The molecular weight excluding hydrogens is 208 g/mol. The zero-order valence-electron chi connectivity index (χ0n) is 8.26. The van der Waals surface area contributed by atoms with E-state index in [2.05, 4.69) is 20.1 Å². The Kier molecular flexibility index (Phi) is 4.40. The lowest BCUT2D eigenvalue weighted by Gasteiger charge is -2.08. The van der Waals surface area contributed by atoms with Gasteiger partial charge in [-0.3, -0.25) is 4.79 Å². The zero-order valence-corrected chi connectivity index (χ0v) is 8.26. The molecule has 0 amide bonds. The molecule has 0 aromatic heterocycles. The first-order valence-electron chi connectivity index (χ1n) is 4.42. The lowest BCUT2D eigenvalue weighted by molar-refractivity contribution is 0.112. The number of rotatable bonds is 5. The first kappa shape index (κ1) is 11.6. The summed E-state index contributed by atoms with van der Waals surface area (Å²) in [5, 5.41) is 6.86. The van der Waals surface area contributed by atoms with E-state index in [4.69, 9.17) is 11.1 Å². The van der Waals surface area contributed by atoms with Crippen molar-refractivity contribution in [3.63, 3.8) is 0 Å². The molecule has 80 valence electrons. The Morgan fingerprint density at radius 2 is 2.19 bits per heavy atom. The van der Waals surface area contributed by atoms with Crippen molar-refractivity contribution in [1.82, 2.24) is 0 Å². The van der Waals surface area contributed by atoms with Gasteiger partial charge in [0.15, 0.2) is 0 Å². The number of aldehydes is 1. The van der Waals surface area contributed by atoms with Gasteiger partial charge in [-0.15, -0.1) is 0 Å². The van der Waals surface area contributed by atoms with Crippen LogP contribution in [0.1, 0.15) is 22.0 Å². The van der Waals surface area contributed by atoms with Gasteiger partial charge in [-0.2, -0.15) is 0 Å². The fourth-order valence-corrected chi connectivity index (χ4v) is 1.22. The highest BCUT2D eigenvalue weighted by Gasteiger charge is 2.08. The molecule has 1 atom stereocenters. The molecule has 0 aliphatic rings. The van der Waals surface area contributed by atoms with Gasteiger partial charge < -0.3 is 0 Å². The topological polar surface area (TPSA) is 115 Å². The summed E-state index contributed by atoms with van der Waals surface area (Å²) in [6.45, 7) is 0.0306. The molecule has 7 nitrogen and oxygen atoms in total. The fourth-order valence-electron chi connectivity index (χ4n) is 1.22. The van der Waals surface area contributed by atoms with Gasteiger partial charge in [-0.05, 0) is 22.7 Å². The standard InChI is InChI=1S/C9H8N6O/c10-14-12-5-9(13-15-11)8-3-1-2-7(4-8)6-16/h1-4,6,9H,5H2. The number of nitrogens with zero attached hydrogens (tertiary/aromatic N) is 6. The summed E-state index contributed by atoms with van der Waals surface area (Å²) < 4.78 is 0. The summed E-state index contributed by atoms with van der Waals surface area (Å²) >= 11 is 0. The summed E-state index contributed by atoms with van der Waals surface area (Å²) in [6.07, 6.45) is 0.699. The summed E-state index contributed by atoms with van der Waals surface area (Å²) in [5.74, 6) is 0. The van der Waals surface area contributed by atoms with Gasteiger partial charge in [0.1, 0.15) is 6.29 Å². The highest BCUT2D eigenvalue weighted by molar-refractivity contribution is 5.75. The number of benzene rings is 1. The molecule has 0 radical (unpaired) electrons. The number of carbonyl (C=O) groups is 1. The molecule has 0 fully saturated rings. The summed E-state index contributed by atoms with van der Waals surface area (Å²) in [7, 11) is 0. The average Bonchev–Trinajstić information content (AvgIpc) is 2.34. The number of carbonyl (C=O) groups excluding carboxylic acids is 1. The van der Waals surface area contributed by atoms with Gasteiger partial charge in [0, 0.05) is 21.9 Å². The van der Waals surface area contributed by atoms with Crippen molar-refractivity contribution in [2.45, 2.75) is 6.04 Å². The van der Waals surface area contributed by atoms with Crippen LogP contribution >= 0.6 is 0 Å². The Balaban J connectivity index is 3.03. The Morgan fingerprint density at radius 1 is 1.38 bits per heavy atom. The molecule has 0 saturated carbocycles. The first-order chi connectivity index (χ1) is 7.81. The van der Waals surface area contributed by atoms with Crippen LogP contribution in [-0.4, -0.2) is 12.8 Å². The predicted molar refractivity (Wildman–Crippen MR) is 57.7 cm³/mol. The van der Waals surface area contributed by atoms with Crippen LogP contribution in [0.15, 0.2) is 34.5 Å². The zero-order chi connectivity index (χ0) is 11.8. The normalized spacial score (nSPS) is 10.8. The van der Waals surface area contributed by atoms with Gasteiger partial charge in [-0.1, -0.05) is 28.4 Å². The van der Waals surface area contributed by atoms with Crippen LogP contribution in [0.3, 0.4) is 0 Å². The molecule has 0 aliphatic carbocycles. The largest absolute Gasteiger partial charge is 0.298 e. The molecule has 0 N–H and O–H groups in total. The molecule has 0 aliphatic heterocycles. The minimum Gasteiger partial charge on any atom is -0.298 e. The van der Waals surface area contributed by atoms with Crippen molar-refractivity contribution >= 4 is 6.29 Å². The Morgan fingerprint density at radius 3 is 2.81 bits per heavy atom. The average molecular weight is 216 g/mol. The Bertz CT molecular complexity index is 473. The Hall–Kier alpha value is -2.49. The molecule has 0 heterocycles. The molecule has 16 heavy (non-hydrogen) atoms. The lowest BCUT2D eigenvalue weighted by Crippen LogP contribution is -1.99. The minimum absolute atomic E-state index is 0.0306. The van der Waals surface area contributed by atoms with Crippen LogP contribution < -0.4 is 0 Å². The van der Waals surface area contributed by atoms with E-state index in [0.29, 0.717) is 17.4 Å². The molecule has 1 aromatic rings. The van der Waals surface area contributed by atoms with Crippen LogP contribution in [-0.2, 0) is 0 Å². The molecule has 0 saturated heterocycles. The second-order valence-electron chi connectivity index (χ2n) is 2.92. The van der Waals surface area contributed by atoms with Crippen molar-refractivity contribution in [2.75, 3.05) is 6.54 Å². The summed E-state index contributed by atoms with van der Waals surface area (Å²) in [5.41, 5.74) is 17.7. The highest BCUT2D eigenvalue weighted by Crippen LogP contribution is 2.19. The maximum Gasteiger partial charge on any atom is 0.150 e. The van der Waals surface area contributed by atoms with Crippen molar-refractivity contribution in [1.29, 1.82) is 0 Å². The van der Waals surface area contributed by atoms with Gasteiger partial charge in [0.2, 0.25) is 0 Å². The van der Waals surface area contributed by atoms with Crippen LogP contribution in [0.2, 0.25) is 0 Å². The minimum atomic E-state index is -0.583. The third-order valence-corrected chi connectivity index (χ3v) is 1.94. The Labute approximate surface area is 91.0 Å². The monoisotopic (exact) mass is 216 g/mol. The molecular formula is C9H8N6O. The lowest BCUT2D eigenvalue weighted by atomic mass is 10.1. The smallest absolute Gasteiger partial charge is 0.150 e. The quantitative estimate of drug-likeness (QED) is 0.319. The van der Waals surface area contributed by atoms with E-state index in [0.717, 1.165) is 0 Å². The van der Waals surface area contributed by atoms with E-state index in [9.17, 15) is 4.79 Å². The van der Waals surface area contributed by atoms with Crippen LogP contribution in [0.4, 0.5) is 0 Å². The second kappa shape index (κ2) is 6.08. The van der Waals surface area contributed by atoms with Crippen LogP contribution in [0, 0.1) is 0 Å². The van der Waals surface area contributed by atoms with E-state index in [1.807, 2.05) is 0 Å². The number of hydrogen-bond donors (Lipinski definition) is 0. The molecule has 0 bridgehead atoms. The van der Waals surface area contributed by atoms with E-state index in [1.54, 1.807) is 24.3 Å².